The summed E-state index contributed by atoms with van der Waals surface area (Å²) in [6.07, 6.45) is 1.12. The summed E-state index contributed by atoms with van der Waals surface area (Å²) in [5.74, 6) is 0.933. The second-order valence-electron chi connectivity index (χ2n) is 5.46. The summed E-state index contributed by atoms with van der Waals surface area (Å²) in [6, 6.07) is 4.43. The van der Waals surface area contributed by atoms with Crippen molar-refractivity contribution < 1.29 is 4.74 Å². The molecule has 0 unspecified atom stereocenters. The van der Waals surface area contributed by atoms with E-state index in [1.165, 1.54) is 4.63 Å². The van der Waals surface area contributed by atoms with Crippen LogP contribution in [0.15, 0.2) is 12.1 Å². The van der Waals surface area contributed by atoms with Crippen molar-refractivity contribution >= 4 is 11.5 Å². The zero-order valence-electron chi connectivity index (χ0n) is 13.2. The molecule has 0 N–H and O–H groups in total. The molecular weight excluding hydrogens is 282 g/mol. The van der Waals surface area contributed by atoms with Crippen molar-refractivity contribution in [1.29, 1.82) is 0 Å². The van der Waals surface area contributed by atoms with E-state index in [-0.39, 0.29) is 0 Å². The summed E-state index contributed by atoms with van der Waals surface area (Å²) >= 11 is 0. The monoisotopic (exact) mass is 305 g/mol. The number of nitrogens with zero attached hydrogens (tertiary/aromatic N) is 7. The van der Waals surface area contributed by atoms with E-state index in [0.717, 1.165) is 51.6 Å². The quantitative estimate of drug-likeness (QED) is 0.718. The average Bonchev–Trinajstić information content (AvgIpc) is 3.03. The summed E-state index contributed by atoms with van der Waals surface area (Å²) in [4.78, 5) is 4.83. The number of ether oxygens (including phenoxy) is 1. The van der Waals surface area contributed by atoms with Crippen molar-refractivity contribution in [3.05, 3.63) is 12.1 Å². The fourth-order valence-corrected chi connectivity index (χ4v) is 2.92. The number of hydrogen-bond donors (Lipinski definition) is 0. The van der Waals surface area contributed by atoms with Crippen LogP contribution in [-0.2, 0) is 4.74 Å². The topological polar surface area (TPSA) is 71.7 Å². The highest BCUT2D eigenvalue weighted by Crippen LogP contribution is 2.18. The van der Waals surface area contributed by atoms with Crippen molar-refractivity contribution in [2.24, 2.45) is 0 Å². The standard InChI is InChI=1S/C14H23N7O/c1-3-12-11-20(8-7-19(12)9-10-22-4-2)14-6-5-13-15-17-18-21(13)16-14/h5-6,12H,3-4,7-11H2,1-2H3/t12-/m1/s1. The van der Waals surface area contributed by atoms with Crippen molar-refractivity contribution in [1.82, 2.24) is 30.2 Å². The number of fused-ring (bicyclic) bond motifs is 1. The first-order valence-electron chi connectivity index (χ1n) is 7.94. The molecule has 0 amide bonds. The van der Waals surface area contributed by atoms with Crippen molar-refractivity contribution in [3.8, 4) is 0 Å². The number of aromatic nitrogens is 5. The lowest BCUT2D eigenvalue weighted by Gasteiger charge is -2.41. The average molecular weight is 305 g/mol. The normalized spacial score (nSPS) is 19.9. The highest BCUT2D eigenvalue weighted by atomic mass is 16.5. The number of anilines is 1. The molecule has 1 fully saturated rings. The Hall–Kier alpha value is -1.80. The summed E-state index contributed by atoms with van der Waals surface area (Å²) in [5.41, 5.74) is 0.672. The lowest BCUT2D eigenvalue weighted by atomic mass is 10.1. The van der Waals surface area contributed by atoms with Crippen LogP contribution in [0.2, 0.25) is 0 Å². The number of piperazine rings is 1. The van der Waals surface area contributed by atoms with Crippen molar-refractivity contribution in [2.75, 3.05) is 44.3 Å². The Kier molecular flexibility index (Phi) is 4.79. The Balaban J connectivity index is 1.66. The van der Waals surface area contributed by atoms with Crippen LogP contribution in [0.5, 0.6) is 0 Å². The molecule has 1 aliphatic rings. The Morgan fingerprint density at radius 1 is 1.27 bits per heavy atom. The van der Waals surface area contributed by atoms with Crippen LogP contribution < -0.4 is 4.90 Å². The minimum atomic E-state index is 0.528. The molecule has 2 aromatic rings. The first-order chi connectivity index (χ1) is 10.8. The van der Waals surface area contributed by atoms with Gasteiger partial charge >= 0.3 is 0 Å². The summed E-state index contributed by atoms with van der Waals surface area (Å²) in [5, 5.41) is 15.9. The predicted molar refractivity (Wildman–Crippen MR) is 82.9 cm³/mol. The molecular formula is C14H23N7O. The van der Waals surface area contributed by atoms with Crippen molar-refractivity contribution in [3.63, 3.8) is 0 Å². The molecule has 1 atom stereocenters. The number of rotatable bonds is 6. The zero-order chi connectivity index (χ0) is 15.4. The van der Waals surface area contributed by atoms with Gasteiger partial charge < -0.3 is 9.64 Å². The molecule has 3 rings (SSSR count). The van der Waals surface area contributed by atoms with Gasteiger partial charge in [-0.15, -0.1) is 14.8 Å². The van der Waals surface area contributed by atoms with E-state index in [2.05, 4.69) is 37.3 Å². The van der Waals surface area contributed by atoms with Gasteiger partial charge in [0, 0.05) is 38.8 Å². The van der Waals surface area contributed by atoms with E-state index >= 15 is 0 Å². The molecule has 0 bridgehead atoms. The summed E-state index contributed by atoms with van der Waals surface area (Å²) in [6.45, 7) is 9.83. The van der Waals surface area contributed by atoms with Crippen LogP contribution in [0.1, 0.15) is 20.3 Å². The molecule has 0 radical (unpaired) electrons. The van der Waals surface area contributed by atoms with Crippen LogP contribution in [0.4, 0.5) is 5.82 Å². The Labute approximate surface area is 130 Å². The molecule has 3 heterocycles. The Bertz CT molecular complexity index is 602. The van der Waals surface area contributed by atoms with Gasteiger partial charge in [0.05, 0.1) is 6.61 Å². The second-order valence-corrected chi connectivity index (χ2v) is 5.46. The molecule has 22 heavy (non-hydrogen) atoms. The smallest absolute Gasteiger partial charge is 0.200 e. The van der Waals surface area contributed by atoms with E-state index in [4.69, 9.17) is 4.74 Å². The SMILES string of the molecule is CCOCCN1CCN(c2ccc3nnnn3n2)C[C@H]1CC. The lowest BCUT2D eigenvalue weighted by Crippen LogP contribution is -2.54. The van der Waals surface area contributed by atoms with Crippen LogP contribution in [0.3, 0.4) is 0 Å². The largest absolute Gasteiger partial charge is 0.380 e. The molecule has 2 aromatic heterocycles. The van der Waals surface area contributed by atoms with E-state index in [0.29, 0.717) is 11.7 Å². The Morgan fingerprint density at radius 2 is 2.18 bits per heavy atom. The van der Waals surface area contributed by atoms with Crippen LogP contribution in [-0.4, -0.2) is 75.6 Å². The van der Waals surface area contributed by atoms with Gasteiger partial charge in [-0.3, -0.25) is 4.90 Å². The fourth-order valence-electron chi connectivity index (χ4n) is 2.92. The molecule has 0 aliphatic carbocycles. The Morgan fingerprint density at radius 3 is 3.00 bits per heavy atom. The van der Waals surface area contributed by atoms with Crippen LogP contribution in [0.25, 0.3) is 5.65 Å². The third kappa shape index (κ3) is 3.17. The molecule has 1 saturated heterocycles. The number of hydrogen-bond acceptors (Lipinski definition) is 7. The minimum absolute atomic E-state index is 0.528. The first-order valence-corrected chi connectivity index (χ1v) is 7.94. The molecule has 8 nitrogen and oxygen atoms in total. The van der Waals surface area contributed by atoms with Gasteiger partial charge in [-0.05, 0) is 35.9 Å². The molecule has 1 aliphatic heterocycles. The van der Waals surface area contributed by atoms with E-state index < -0.39 is 0 Å². The minimum Gasteiger partial charge on any atom is -0.380 e. The zero-order valence-corrected chi connectivity index (χ0v) is 13.2. The maximum Gasteiger partial charge on any atom is 0.200 e. The van der Waals surface area contributed by atoms with Gasteiger partial charge in [-0.1, -0.05) is 6.92 Å². The lowest BCUT2D eigenvalue weighted by molar-refractivity contribution is 0.0868. The van der Waals surface area contributed by atoms with E-state index in [1.807, 2.05) is 19.1 Å². The van der Waals surface area contributed by atoms with Gasteiger partial charge in [0.15, 0.2) is 11.5 Å². The first kappa shape index (κ1) is 15.1. The molecule has 0 aromatic carbocycles. The van der Waals surface area contributed by atoms with Crippen LogP contribution >= 0.6 is 0 Å². The summed E-state index contributed by atoms with van der Waals surface area (Å²) < 4.78 is 6.97. The third-order valence-corrected chi connectivity index (χ3v) is 4.18. The van der Waals surface area contributed by atoms with Gasteiger partial charge in [0.2, 0.25) is 0 Å². The summed E-state index contributed by atoms with van der Waals surface area (Å²) in [7, 11) is 0. The third-order valence-electron chi connectivity index (χ3n) is 4.18. The fraction of sp³-hybridized carbons (Fsp3) is 0.714. The maximum absolute atomic E-state index is 5.49. The van der Waals surface area contributed by atoms with Gasteiger partial charge in [-0.2, -0.15) is 0 Å². The second kappa shape index (κ2) is 6.97. The van der Waals surface area contributed by atoms with E-state index in [9.17, 15) is 0 Å². The van der Waals surface area contributed by atoms with Crippen LogP contribution in [0, 0.1) is 0 Å². The molecule has 8 heteroatoms. The molecule has 120 valence electrons. The maximum atomic E-state index is 5.49. The molecule has 0 saturated carbocycles. The van der Waals surface area contributed by atoms with E-state index in [1.54, 1.807) is 0 Å². The van der Waals surface area contributed by atoms with Gasteiger partial charge in [0.1, 0.15) is 0 Å². The van der Waals surface area contributed by atoms with Crippen molar-refractivity contribution in [2.45, 2.75) is 26.3 Å². The highest BCUT2D eigenvalue weighted by Gasteiger charge is 2.26. The highest BCUT2D eigenvalue weighted by molar-refractivity contribution is 5.44. The van der Waals surface area contributed by atoms with Gasteiger partial charge in [-0.25, -0.2) is 0 Å². The predicted octanol–water partition coefficient (Wildman–Crippen LogP) is 0.456. The number of tetrazole rings is 1. The molecule has 0 spiro atoms. The van der Waals surface area contributed by atoms with Gasteiger partial charge in [0.25, 0.3) is 0 Å².